The lowest BCUT2D eigenvalue weighted by atomic mass is 10.0. The van der Waals surface area contributed by atoms with Gasteiger partial charge in [-0.05, 0) is 30.3 Å². The molecule has 0 saturated carbocycles. The van der Waals surface area contributed by atoms with Gasteiger partial charge in [0.2, 0.25) is 0 Å². The maximum atomic E-state index is 13.3. The van der Waals surface area contributed by atoms with E-state index >= 15 is 0 Å². The number of hydrogen-bond acceptors (Lipinski definition) is 5. The van der Waals surface area contributed by atoms with Crippen molar-refractivity contribution in [1.82, 2.24) is 15.2 Å². The maximum Gasteiger partial charge on any atom is 0.405 e. The minimum atomic E-state index is -2.73. The van der Waals surface area contributed by atoms with Crippen molar-refractivity contribution < 1.29 is 33.0 Å². The first-order valence-corrected chi connectivity index (χ1v) is 9.58. The lowest BCUT2D eigenvalue weighted by Gasteiger charge is -2.31. The van der Waals surface area contributed by atoms with Crippen molar-refractivity contribution in [1.29, 1.82) is 0 Å². The quantitative estimate of drug-likeness (QED) is 0.578. The van der Waals surface area contributed by atoms with Gasteiger partial charge in [0.15, 0.2) is 11.3 Å². The van der Waals surface area contributed by atoms with Crippen LogP contribution in [0.15, 0.2) is 40.9 Å². The number of alkyl halides is 2. The number of fused-ring (bicyclic) bond motifs is 1. The Kier molecular flexibility index (Phi) is 5.22. The number of benzene rings is 1. The number of phenols is 1. The predicted octanol–water partition coefficient (Wildman–Crippen LogP) is 3.84. The summed E-state index contributed by atoms with van der Waals surface area (Å²) in [6, 6.07) is 7.96. The summed E-state index contributed by atoms with van der Waals surface area (Å²) in [5.74, 6) is -2.87. The molecule has 3 N–H and O–H groups in total. The van der Waals surface area contributed by atoms with Gasteiger partial charge in [-0.2, -0.15) is 0 Å². The molecule has 3 aromatic rings. The molecule has 0 spiro atoms. The number of aromatic nitrogens is 1. The minimum Gasteiger partial charge on any atom is -0.504 e. The van der Waals surface area contributed by atoms with Crippen LogP contribution in [0.5, 0.6) is 5.75 Å². The lowest BCUT2D eigenvalue weighted by molar-refractivity contribution is -0.0494. The van der Waals surface area contributed by atoms with Crippen LogP contribution in [0.1, 0.15) is 29.0 Å². The average molecular weight is 431 g/mol. The highest BCUT2D eigenvalue weighted by molar-refractivity contribution is 5.94. The number of pyridine rings is 1. The van der Waals surface area contributed by atoms with Crippen molar-refractivity contribution in [2.45, 2.75) is 25.3 Å². The molecule has 0 aliphatic carbocycles. The fourth-order valence-corrected chi connectivity index (χ4v) is 3.50. The number of hydrogen-bond donors (Lipinski definition) is 3. The van der Waals surface area contributed by atoms with E-state index < -0.39 is 12.0 Å². The Hall–Kier alpha value is -3.69. The molecular formula is C21H19F2N3O5. The van der Waals surface area contributed by atoms with Crippen molar-refractivity contribution in [2.24, 2.45) is 0 Å². The van der Waals surface area contributed by atoms with Crippen LogP contribution in [0.3, 0.4) is 0 Å². The number of aromatic hydroxyl groups is 1. The molecule has 3 heterocycles. The second-order valence-corrected chi connectivity index (χ2v) is 7.37. The number of halogens is 2. The van der Waals surface area contributed by atoms with Gasteiger partial charge in [-0.1, -0.05) is 0 Å². The van der Waals surface area contributed by atoms with E-state index in [9.17, 15) is 23.5 Å². The fourth-order valence-electron chi connectivity index (χ4n) is 3.50. The first-order chi connectivity index (χ1) is 14.7. The Morgan fingerprint density at radius 2 is 1.94 bits per heavy atom. The Morgan fingerprint density at radius 1 is 1.19 bits per heavy atom. The summed E-state index contributed by atoms with van der Waals surface area (Å²) in [7, 11) is 0. The number of nitrogens with zero attached hydrogens (tertiary/aromatic N) is 2. The van der Waals surface area contributed by atoms with Crippen molar-refractivity contribution in [2.75, 3.05) is 13.1 Å². The van der Waals surface area contributed by atoms with Gasteiger partial charge >= 0.3 is 6.09 Å². The summed E-state index contributed by atoms with van der Waals surface area (Å²) in [6.07, 6.45) is -0.512. The normalized spacial score (nSPS) is 15.7. The van der Waals surface area contributed by atoms with Gasteiger partial charge in [-0.15, -0.1) is 0 Å². The molecule has 1 aliphatic rings. The highest BCUT2D eigenvalue weighted by Crippen LogP contribution is 2.33. The lowest BCUT2D eigenvalue weighted by Crippen LogP contribution is -2.42. The fraction of sp³-hybridized carbons (Fsp3) is 0.286. The molecule has 0 radical (unpaired) electrons. The molecule has 31 heavy (non-hydrogen) atoms. The number of carbonyl (C=O) groups excluding carboxylic acids is 1. The number of piperidine rings is 1. The Labute approximate surface area is 175 Å². The smallest absolute Gasteiger partial charge is 0.405 e. The number of furan rings is 1. The van der Waals surface area contributed by atoms with E-state index in [0.717, 1.165) is 0 Å². The van der Waals surface area contributed by atoms with Crippen LogP contribution in [-0.4, -0.2) is 51.1 Å². The molecule has 1 fully saturated rings. The summed E-state index contributed by atoms with van der Waals surface area (Å²) >= 11 is 0. The Bertz CT molecular complexity index is 1130. The van der Waals surface area contributed by atoms with Crippen LogP contribution in [0.2, 0.25) is 0 Å². The van der Waals surface area contributed by atoms with E-state index in [1.54, 1.807) is 24.3 Å². The van der Waals surface area contributed by atoms with Gasteiger partial charge in [0.1, 0.15) is 5.76 Å². The van der Waals surface area contributed by atoms with Gasteiger partial charge in [0.25, 0.3) is 11.8 Å². The largest absolute Gasteiger partial charge is 0.504 e. The number of carboxylic acid groups (broad SMARTS) is 1. The van der Waals surface area contributed by atoms with Crippen LogP contribution >= 0.6 is 0 Å². The van der Waals surface area contributed by atoms with Crippen molar-refractivity contribution in [3.63, 3.8) is 0 Å². The predicted molar refractivity (Wildman–Crippen MR) is 106 cm³/mol. The van der Waals surface area contributed by atoms with Gasteiger partial charge < -0.3 is 24.8 Å². The Balaban J connectivity index is 1.53. The van der Waals surface area contributed by atoms with E-state index in [4.69, 9.17) is 9.52 Å². The molecule has 0 bridgehead atoms. The summed E-state index contributed by atoms with van der Waals surface area (Å²) < 4.78 is 32.1. The van der Waals surface area contributed by atoms with Gasteiger partial charge in [-0.25, -0.2) is 13.6 Å². The summed E-state index contributed by atoms with van der Waals surface area (Å²) in [4.78, 5) is 28.8. The van der Waals surface area contributed by atoms with E-state index in [1.807, 2.05) is 0 Å². The third-order valence-electron chi connectivity index (χ3n) is 5.15. The zero-order valence-electron chi connectivity index (χ0n) is 16.3. The number of rotatable bonds is 4. The maximum absolute atomic E-state index is 13.3. The van der Waals surface area contributed by atoms with Crippen molar-refractivity contribution in [3.05, 3.63) is 47.9 Å². The van der Waals surface area contributed by atoms with Crippen LogP contribution in [-0.2, 0) is 6.54 Å². The zero-order valence-corrected chi connectivity index (χ0v) is 16.3. The molecule has 10 heteroatoms. The van der Waals surface area contributed by atoms with E-state index in [1.165, 1.54) is 17.2 Å². The minimum absolute atomic E-state index is 0.00230. The van der Waals surface area contributed by atoms with E-state index in [2.05, 4.69) is 10.3 Å². The van der Waals surface area contributed by atoms with Gasteiger partial charge in [0, 0.05) is 43.1 Å². The summed E-state index contributed by atoms with van der Waals surface area (Å²) in [6.45, 7) is -0.0500. The van der Waals surface area contributed by atoms with Gasteiger partial charge in [-0.3, -0.25) is 9.78 Å². The molecule has 0 unspecified atom stereocenters. The molecule has 1 aromatic carbocycles. The average Bonchev–Trinajstić information content (AvgIpc) is 3.16. The SMILES string of the molecule is O=C(O)NCc1cc2cc(-c3ccc(C(=O)N4CCC(F)(F)CC4)cn3)cc(O)c2o1. The number of nitrogens with one attached hydrogen (secondary N) is 1. The van der Waals surface area contributed by atoms with Crippen molar-refractivity contribution >= 4 is 23.0 Å². The van der Waals surface area contributed by atoms with E-state index in [0.29, 0.717) is 28.0 Å². The van der Waals surface area contributed by atoms with Crippen LogP contribution in [0.4, 0.5) is 13.6 Å². The first-order valence-electron chi connectivity index (χ1n) is 9.58. The molecular weight excluding hydrogens is 412 g/mol. The molecule has 162 valence electrons. The molecule has 2 aromatic heterocycles. The van der Waals surface area contributed by atoms with Crippen molar-refractivity contribution in [3.8, 4) is 17.0 Å². The zero-order chi connectivity index (χ0) is 22.2. The number of phenolic OH excluding ortho intramolecular Hbond substituents is 1. The highest BCUT2D eigenvalue weighted by Gasteiger charge is 2.35. The third-order valence-corrected chi connectivity index (χ3v) is 5.15. The summed E-state index contributed by atoms with van der Waals surface area (Å²) in [5.41, 5.74) is 1.58. The van der Waals surface area contributed by atoms with Crippen LogP contribution in [0.25, 0.3) is 22.2 Å². The second-order valence-electron chi connectivity index (χ2n) is 7.37. The molecule has 4 rings (SSSR count). The van der Waals surface area contributed by atoms with Crippen LogP contribution < -0.4 is 5.32 Å². The number of carbonyl (C=O) groups is 2. The Morgan fingerprint density at radius 3 is 2.58 bits per heavy atom. The topological polar surface area (TPSA) is 116 Å². The molecule has 8 nitrogen and oxygen atoms in total. The molecule has 1 aliphatic heterocycles. The molecule has 2 amide bonds. The van der Waals surface area contributed by atoms with Crippen LogP contribution in [0, 0.1) is 0 Å². The second kappa shape index (κ2) is 7.86. The van der Waals surface area contributed by atoms with E-state index in [-0.39, 0.29) is 49.7 Å². The molecule has 1 saturated heterocycles. The number of amides is 2. The molecule has 0 atom stereocenters. The first kappa shape index (κ1) is 20.6. The number of likely N-dealkylation sites (tertiary alicyclic amines) is 1. The van der Waals surface area contributed by atoms with Gasteiger partial charge in [0.05, 0.1) is 17.8 Å². The standard InChI is InChI=1S/C21H19F2N3O5/c22-21(23)3-5-26(6-4-21)19(28)12-1-2-16(24-10-12)13-7-14-8-15(11-25-20(29)30)31-18(14)17(27)9-13/h1-2,7-10,25,27H,3-6,11H2,(H,29,30). The monoisotopic (exact) mass is 431 g/mol. The highest BCUT2D eigenvalue weighted by atomic mass is 19.3. The summed E-state index contributed by atoms with van der Waals surface area (Å²) in [5, 5.41) is 21.7. The third kappa shape index (κ3) is 4.42.